The van der Waals surface area contributed by atoms with Crippen LogP contribution in [0.2, 0.25) is 0 Å². The number of carboxylic acids is 1. The van der Waals surface area contributed by atoms with Gasteiger partial charge in [0.15, 0.2) is 0 Å². The molecule has 0 unspecified atom stereocenters. The zero-order valence-electron chi connectivity index (χ0n) is 10.1. The normalized spacial score (nSPS) is 4.67. The Hall–Kier alpha value is -1.83. The van der Waals surface area contributed by atoms with E-state index in [1.807, 2.05) is 0 Å². The van der Waals surface area contributed by atoms with Gasteiger partial charge in [-0.2, -0.15) is 0 Å². The van der Waals surface area contributed by atoms with E-state index in [-0.39, 0.29) is 0 Å². The van der Waals surface area contributed by atoms with Crippen molar-refractivity contribution in [3.05, 3.63) is 64.3 Å². The topological polar surface area (TPSA) is 37.3 Å². The fourth-order valence-corrected chi connectivity index (χ4v) is 0.247. The first-order valence-corrected chi connectivity index (χ1v) is 4.01. The molecule has 0 saturated carbocycles. The van der Waals surface area contributed by atoms with Crippen LogP contribution in [0.5, 0.6) is 0 Å². The van der Waals surface area contributed by atoms with Crippen molar-refractivity contribution in [1.29, 1.82) is 0 Å². The lowest BCUT2D eigenvalue weighted by Gasteiger charge is -1.79. The molecule has 2 nitrogen and oxygen atoms in total. The summed E-state index contributed by atoms with van der Waals surface area (Å²) in [5.41, 5.74) is 0.813. The van der Waals surface area contributed by atoms with E-state index < -0.39 is 5.97 Å². The van der Waals surface area contributed by atoms with Gasteiger partial charge < -0.3 is 5.11 Å². The number of carbonyl (C=O) groups is 1. The van der Waals surface area contributed by atoms with E-state index in [4.69, 9.17) is 5.11 Å². The average Bonchev–Trinajstić information content (AvgIpc) is 2.27. The molecule has 0 atom stereocenters. The highest BCUT2D eigenvalue weighted by atomic mass is 16.4. The quantitative estimate of drug-likeness (QED) is 0.521. The predicted octanol–water partition coefficient (Wildman–Crippen LogP) is 4.25. The molecule has 0 rings (SSSR count). The van der Waals surface area contributed by atoms with Crippen LogP contribution < -0.4 is 0 Å². The summed E-state index contributed by atoms with van der Waals surface area (Å²) in [5.74, 6) is -0.875. The highest BCUT2D eigenvalue weighted by Gasteiger charge is 1.83. The number of aliphatic carboxylic acids is 1. The largest absolute Gasteiger partial charge is 0.478 e. The second-order valence-electron chi connectivity index (χ2n) is 1.56. The molecule has 0 fully saturated rings. The Bertz CT molecular complexity index is 137. The van der Waals surface area contributed by atoms with Gasteiger partial charge in [0.25, 0.3) is 0 Å². The van der Waals surface area contributed by atoms with Crippen LogP contribution in [-0.4, -0.2) is 11.1 Å². The average molecular weight is 212 g/mol. The van der Waals surface area contributed by atoms with Gasteiger partial charge in [0.1, 0.15) is 0 Å². The maximum absolute atomic E-state index is 9.73. The number of hydrogen-bond acceptors (Lipinski definition) is 1. The van der Waals surface area contributed by atoms with Crippen LogP contribution in [0.4, 0.5) is 0 Å². The Balaban J connectivity index is -0.0000000353. The summed E-state index contributed by atoms with van der Waals surface area (Å²) in [5, 5.41) is 8.01. The lowest BCUT2D eigenvalue weighted by Crippen LogP contribution is -1.86. The van der Waals surface area contributed by atoms with E-state index in [1.54, 1.807) is 13.8 Å². The minimum Gasteiger partial charge on any atom is -0.478 e. The van der Waals surface area contributed by atoms with Crippen molar-refractivity contribution >= 4 is 5.97 Å². The second-order valence-corrected chi connectivity index (χ2v) is 1.56. The summed E-state index contributed by atoms with van der Waals surface area (Å²) in [6.07, 6.45) is 1.17. The van der Waals surface area contributed by atoms with Crippen molar-refractivity contribution in [2.24, 2.45) is 0 Å². The molecule has 0 spiro atoms. The standard InChI is InChI=1S/C5H8O2.4C2H4/c1-4(2)3-5(6)7;4*1-2/h3H,1-2H3,(H,6,7);4*1-2H2. The molecule has 0 bridgehead atoms. The van der Waals surface area contributed by atoms with Crippen molar-refractivity contribution in [3.63, 3.8) is 0 Å². The Morgan fingerprint density at radius 3 is 1.07 bits per heavy atom. The van der Waals surface area contributed by atoms with Gasteiger partial charge in [0, 0.05) is 6.08 Å². The van der Waals surface area contributed by atoms with Crippen molar-refractivity contribution in [1.82, 2.24) is 0 Å². The van der Waals surface area contributed by atoms with E-state index in [0.29, 0.717) is 0 Å². The molecule has 0 aromatic heterocycles. The smallest absolute Gasteiger partial charge is 0.328 e. The van der Waals surface area contributed by atoms with Gasteiger partial charge in [-0.05, 0) is 13.8 Å². The Labute approximate surface area is 94.6 Å². The summed E-state index contributed by atoms with van der Waals surface area (Å²) in [6.45, 7) is 27.5. The number of allylic oxidation sites excluding steroid dienone is 1. The summed E-state index contributed by atoms with van der Waals surface area (Å²) >= 11 is 0. The molecular weight excluding hydrogens is 188 g/mol. The van der Waals surface area contributed by atoms with Crippen molar-refractivity contribution in [3.8, 4) is 0 Å². The lowest BCUT2D eigenvalue weighted by atomic mass is 10.3. The molecule has 0 amide bonds. The molecule has 0 saturated heterocycles. The highest BCUT2D eigenvalue weighted by Crippen LogP contribution is 1.85. The minimum atomic E-state index is -0.875. The third-order valence-corrected chi connectivity index (χ3v) is 0.412. The maximum atomic E-state index is 9.73. The third-order valence-electron chi connectivity index (χ3n) is 0.412. The predicted molar refractivity (Wildman–Crippen MR) is 72.1 cm³/mol. The van der Waals surface area contributed by atoms with Crippen molar-refractivity contribution in [2.75, 3.05) is 0 Å². The molecule has 0 radical (unpaired) electrons. The Kier molecular flexibility index (Phi) is 111. The number of rotatable bonds is 1. The van der Waals surface area contributed by atoms with Crippen molar-refractivity contribution < 1.29 is 9.90 Å². The van der Waals surface area contributed by atoms with Crippen molar-refractivity contribution in [2.45, 2.75) is 13.8 Å². The maximum Gasteiger partial charge on any atom is 0.328 e. The van der Waals surface area contributed by atoms with E-state index in [2.05, 4.69) is 52.6 Å². The first kappa shape index (κ1) is 29.2. The van der Waals surface area contributed by atoms with Crippen LogP contribution in [0.15, 0.2) is 64.3 Å². The molecule has 88 valence electrons. The van der Waals surface area contributed by atoms with Gasteiger partial charge in [0.2, 0.25) is 0 Å². The van der Waals surface area contributed by atoms with Crippen LogP contribution in [0.3, 0.4) is 0 Å². The first-order chi connectivity index (χ1) is 7.13. The highest BCUT2D eigenvalue weighted by molar-refractivity contribution is 5.80. The summed E-state index contributed by atoms with van der Waals surface area (Å²) in [4.78, 5) is 9.73. The van der Waals surface area contributed by atoms with E-state index in [0.717, 1.165) is 5.57 Å². The molecule has 0 aromatic carbocycles. The van der Waals surface area contributed by atoms with Crippen LogP contribution in [0.25, 0.3) is 0 Å². The molecule has 0 aromatic rings. The van der Waals surface area contributed by atoms with Crippen LogP contribution >= 0.6 is 0 Å². The van der Waals surface area contributed by atoms with Gasteiger partial charge in [0.05, 0.1) is 0 Å². The monoisotopic (exact) mass is 212 g/mol. The lowest BCUT2D eigenvalue weighted by molar-refractivity contribution is -0.131. The van der Waals surface area contributed by atoms with Gasteiger partial charge in [-0.1, -0.05) is 5.57 Å². The third kappa shape index (κ3) is 267. The van der Waals surface area contributed by atoms with E-state index in [1.165, 1.54) is 6.08 Å². The Morgan fingerprint density at radius 2 is 1.07 bits per heavy atom. The fraction of sp³-hybridized carbons (Fsp3) is 0.154. The minimum absolute atomic E-state index is 0.813. The van der Waals surface area contributed by atoms with Gasteiger partial charge in [-0.3, -0.25) is 0 Å². The molecule has 0 aliphatic heterocycles. The zero-order valence-corrected chi connectivity index (χ0v) is 10.1. The number of hydrogen-bond donors (Lipinski definition) is 1. The molecule has 2 heteroatoms. The van der Waals surface area contributed by atoms with Gasteiger partial charge in [-0.25, -0.2) is 4.79 Å². The second kappa shape index (κ2) is 56.8. The van der Waals surface area contributed by atoms with Crippen LogP contribution in [0.1, 0.15) is 13.8 Å². The van der Waals surface area contributed by atoms with Gasteiger partial charge >= 0.3 is 5.97 Å². The number of carboxylic acid groups (broad SMARTS) is 1. The van der Waals surface area contributed by atoms with E-state index in [9.17, 15) is 4.79 Å². The molecule has 0 aliphatic rings. The van der Waals surface area contributed by atoms with Crippen LogP contribution in [-0.2, 0) is 4.79 Å². The molecule has 1 N–H and O–H groups in total. The molecule has 0 aliphatic carbocycles. The molecule has 15 heavy (non-hydrogen) atoms. The summed E-state index contributed by atoms with van der Waals surface area (Å²) < 4.78 is 0. The zero-order chi connectivity index (χ0) is 13.9. The SMILES string of the molecule is C=C.C=C.C=C.C=C.CC(C)=CC(=O)O. The van der Waals surface area contributed by atoms with Crippen LogP contribution in [0, 0.1) is 0 Å². The summed E-state index contributed by atoms with van der Waals surface area (Å²) in [7, 11) is 0. The van der Waals surface area contributed by atoms with E-state index >= 15 is 0 Å². The fourth-order valence-electron chi connectivity index (χ4n) is 0.247. The van der Waals surface area contributed by atoms with Gasteiger partial charge in [-0.15, -0.1) is 52.6 Å². The molecule has 0 heterocycles. The first-order valence-electron chi connectivity index (χ1n) is 4.01. The summed E-state index contributed by atoms with van der Waals surface area (Å²) in [6, 6.07) is 0. The Morgan fingerprint density at radius 1 is 0.867 bits per heavy atom. The molecular formula is C13H24O2.